The maximum atomic E-state index is 5.40. The van der Waals surface area contributed by atoms with Crippen LogP contribution in [0.3, 0.4) is 0 Å². The minimum atomic E-state index is 0.794. The van der Waals surface area contributed by atoms with E-state index in [0.29, 0.717) is 0 Å². The Balaban J connectivity index is 1.44. The molecule has 1 saturated heterocycles. The topological polar surface area (TPSA) is 66.7 Å². The van der Waals surface area contributed by atoms with Crippen LogP contribution >= 0.6 is 0 Å². The molecule has 0 bridgehead atoms. The molecule has 1 aliphatic rings. The monoisotopic (exact) mass is 398 g/mol. The van der Waals surface area contributed by atoms with Crippen LogP contribution in [0.1, 0.15) is 24.6 Å². The molecule has 0 saturated carbocycles. The lowest BCUT2D eigenvalue weighted by Crippen LogP contribution is -2.44. The molecule has 1 aromatic carbocycles. The Bertz CT molecular complexity index is 752. The van der Waals surface area contributed by atoms with Crippen molar-refractivity contribution in [1.29, 1.82) is 0 Å². The highest BCUT2D eigenvalue weighted by molar-refractivity contribution is 5.79. The van der Waals surface area contributed by atoms with E-state index < -0.39 is 0 Å². The highest BCUT2D eigenvalue weighted by Gasteiger charge is 2.10. The molecule has 1 fully saturated rings. The minimum Gasteiger partial charge on any atom is -0.379 e. The molecule has 2 heterocycles. The van der Waals surface area contributed by atoms with Gasteiger partial charge >= 0.3 is 0 Å². The number of para-hydroxylation sites is 1. The molecule has 2 aromatic rings. The van der Waals surface area contributed by atoms with Gasteiger partial charge in [0.1, 0.15) is 0 Å². The van der Waals surface area contributed by atoms with Crippen molar-refractivity contribution in [3.05, 3.63) is 47.8 Å². The van der Waals surface area contributed by atoms with E-state index in [4.69, 9.17) is 9.73 Å². The summed E-state index contributed by atoms with van der Waals surface area (Å²) in [4.78, 5) is 7.15. The normalized spacial score (nSPS) is 15.4. The fraction of sp³-hybridized carbons (Fsp3) is 0.545. The number of nitrogens with zero attached hydrogens (tertiary/aromatic N) is 4. The van der Waals surface area contributed by atoms with Gasteiger partial charge in [-0.2, -0.15) is 5.10 Å². The lowest BCUT2D eigenvalue weighted by atomic mass is 10.1. The average Bonchev–Trinajstić information content (AvgIpc) is 3.13. The summed E-state index contributed by atoms with van der Waals surface area (Å²) in [7, 11) is 0. The molecule has 0 radical (unpaired) electrons. The van der Waals surface area contributed by atoms with Crippen molar-refractivity contribution in [2.24, 2.45) is 4.99 Å². The predicted octanol–water partition coefficient (Wildman–Crippen LogP) is 2.00. The fourth-order valence-corrected chi connectivity index (χ4v) is 3.41. The van der Waals surface area contributed by atoms with Crippen LogP contribution in [-0.2, 0) is 11.2 Å². The number of ether oxygens (including phenoxy) is 1. The summed E-state index contributed by atoms with van der Waals surface area (Å²) < 4.78 is 7.36. The van der Waals surface area contributed by atoms with E-state index in [-0.39, 0.29) is 0 Å². The van der Waals surface area contributed by atoms with Crippen LogP contribution in [0, 0.1) is 6.92 Å². The number of hydrogen-bond acceptors (Lipinski definition) is 4. The minimum absolute atomic E-state index is 0.794. The van der Waals surface area contributed by atoms with Gasteiger partial charge in [-0.25, -0.2) is 4.68 Å². The quantitative estimate of drug-likeness (QED) is 0.384. The number of nitrogens with one attached hydrogen (secondary N) is 2. The Kier molecular flexibility index (Phi) is 8.52. The predicted molar refractivity (Wildman–Crippen MR) is 118 cm³/mol. The first kappa shape index (κ1) is 21.3. The van der Waals surface area contributed by atoms with E-state index in [1.54, 1.807) is 0 Å². The molecular formula is C22H34N6O. The third-order valence-corrected chi connectivity index (χ3v) is 5.06. The molecule has 0 aliphatic carbocycles. The second-order valence-corrected chi connectivity index (χ2v) is 7.26. The molecule has 158 valence electrons. The van der Waals surface area contributed by atoms with Crippen LogP contribution in [0.4, 0.5) is 0 Å². The third-order valence-electron chi connectivity index (χ3n) is 5.06. The number of aliphatic imine (C=N–C) groups is 1. The molecule has 0 amide bonds. The Morgan fingerprint density at radius 1 is 1.17 bits per heavy atom. The molecule has 7 nitrogen and oxygen atoms in total. The van der Waals surface area contributed by atoms with Gasteiger partial charge in [0.25, 0.3) is 0 Å². The molecule has 1 aromatic heterocycles. The summed E-state index contributed by atoms with van der Waals surface area (Å²) in [5, 5.41) is 11.4. The second-order valence-electron chi connectivity index (χ2n) is 7.26. The molecule has 0 atom stereocenters. The van der Waals surface area contributed by atoms with E-state index in [1.807, 2.05) is 22.9 Å². The first-order valence-electron chi connectivity index (χ1n) is 10.7. The van der Waals surface area contributed by atoms with Gasteiger partial charge in [-0.15, -0.1) is 0 Å². The molecule has 7 heteroatoms. The van der Waals surface area contributed by atoms with Crippen molar-refractivity contribution in [3.8, 4) is 5.69 Å². The van der Waals surface area contributed by atoms with Crippen molar-refractivity contribution in [2.45, 2.75) is 26.7 Å². The van der Waals surface area contributed by atoms with Gasteiger partial charge in [0.2, 0.25) is 0 Å². The first-order valence-corrected chi connectivity index (χ1v) is 10.7. The summed E-state index contributed by atoms with van der Waals surface area (Å²) in [5.74, 6) is 0.900. The van der Waals surface area contributed by atoms with E-state index >= 15 is 0 Å². The highest BCUT2D eigenvalue weighted by Crippen LogP contribution is 2.13. The lowest BCUT2D eigenvalue weighted by molar-refractivity contribution is 0.0389. The zero-order valence-corrected chi connectivity index (χ0v) is 17.7. The van der Waals surface area contributed by atoms with Gasteiger partial charge < -0.3 is 15.4 Å². The Morgan fingerprint density at radius 2 is 1.97 bits per heavy atom. The number of aromatic nitrogens is 2. The van der Waals surface area contributed by atoms with E-state index in [2.05, 4.69) is 52.8 Å². The largest absolute Gasteiger partial charge is 0.379 e. The standard InChI is InChI=1S/C22H34N6O/c1-3-23-22(25-12-13-27-14-16-29-17-15-27)24-11-7-8-20-18-28(26-19(20)2)21-9-5-4-6-10-21/h4-6,9-10,18H,3,7-8,11-17H2,1-2H3,(H2,23,24,25). The van der Waals surface area contributed by atoms with Crippen molar-refractivity contribution >= 4 is 5.96 Å². The first-order chi connectivity index (χ1) is 14.3. The number of morpholine rings is 1. The maximum Gasteiger partial charge on any atom is 0.191 e. The fourth-order valence-electron chi connectivity index (χ4n) is 3.41. The molecule has 1 aliphatic heterocycles. The zero-order valence-electron chi connectivity index (χ0n) is 17.7. The van der Waals surface area contributed by atoms with Gasteiger partial charge in [-0.3, -0.25) is 9.89 Å². The molecule has 3 rings (SSSR count). The summed E-state index contributed by atoms with van der Waals surface area (Å²) in [6.45, 7) is 11.5. The Hall–Kier alpha value is -2.38. The molecule has 2 N–H and O–H groups in total. The lowest BCUT2D eigenvalue weighted by Gasteiger charge is -2.26. The maximum absolute atomic E-state index is 5.40. The Labute approximate surface area is 174 Å². The molecule has 29 heavy (non-hydrogen) atoms. The van der Waals surface area contributed by atoms with Crippen LogP contribution in [0.2, 0.25) is 0 Å². The molecular weight excluding hydrogens is 364 g/mol. The van der Waals surface area contributed by atoms with E-state index in [1.165, 1.54) is 5.56 Å². The average molecular weight is 399 g/mol. The summed E-state index contributed by atoms with van der Waals surface area (Å²) in [6.07, 6.45) is 4.12. The van der Waals surface area contributed by atoms with Gasteiger partial charge in [-0.05, 0) is 44.4 Å². The van der Waals surface area contributed by atoms with E-state index in [9.17, 15) is 0 Å². The van der Waals surface area contributed by atoms with Gasteiger partial charge in [0.15, 0.2) is 5.96 Å². The van der Waals surface area contributed by atoms with Gasteiger partial charge in [0.05, 0.1) is 24.6 Å². The SMILES string of the molecule is CCNC(=NCCCc1cn(-c2ccccc2)nc1C)NCCN1CCOCC1. The number of hydrogen-bond donors (Lipinski definition) is 2. The molecule has 0 unspecified atom stereocenters. The van der Waals surface area contributed by atoms with Gasteiger partial charge in [-0.1, -0.05) is 18.2 Å². The van der Waals surface area contributed by atoms with Crippen LogP contribution in [0.15, 0.2) is 41.5 Å². The number of benzene rings is 1. The van der Waals surface area contributed by atoms with Crippen LogP contribution in [0.25, 0.3) is 5.69 Å². The Morgan fingerprint density at radius 3 is 2.72 bits per heavy atom. The number of aryl methyl sites for hydroxylation is 2. The van der Waals surface area contributed by atoms with Crippen LogP contribution in [-0.4, -0.2) is 73.1 Å². The van der Waals surface area contributed by atoms with Crippen molar-refractivity contribution in [1.82, 2.24) is 25.3 Å². The molecule has 0 spiro atoms. The summed E-state index contributed by atoms with van der Waals surface area (Å²) in [5.41, 5.74) is 3.47. The van der Waals surface area contributed by atoms with Crippen LogP contribution < -0.4 is 10.6 Å². The summed E-state index contributed by atoms with van der Waals surface area (Å²) in [6, 6.07) is 10.2. The zero-order chi connectivity index (χ0) is 20.3. The third kappa shape index (κ3) is 6.87. The number of rotatable bonds is 9. The van der Waals surface area contributed by atoms with Crippen molar-refractivity contribution in [2.75, 3.05) is 52.5 Å². The highest BCUT2D eigenvalue weighted by atomic mass is 16.5. The van der Waals surface area contributed by atoms with E-state index in [0.717, 1.165) is 82.7 Å². The van der Waals surface area contributed by atoms with Crippen LogP contribution in [0.5, 0.6) is 0 Å². The number of guanidine groups is 1. The van der Waals surface area contributed by atoms with Gasteiger partial charge in [0, 0.05) is 45.5 Å². The van der Waals surface area contributed by atoms with Crippen molar-refractivity contribution in [3.63, 3.8) is 0 Å². The summed E-state index contributed by atoms with van der Waals surface area (Å²) >= 11 is 0. The van der Waals surface area contributed by atoms with Crippen molar-refractivity contribution < 1.29 is 4.74 Å². The second kappa shape index (κ2) is 11.6. The smallest absolute Gasteiger partial charge is 0.191 e.